The van der Waals surface area contributed by atoms with Crippen LogP contribution in [0.2, 0.25) is 0 Å². The highest BCUT2D eigenvalue weighted by atomic mass is 79.9. The molecule has 2 rings (SSSR count). The first kappa shape index (κ1) is 14.7. The van der Waals surface area contributed by atoms with Gasteiger partial charge in [0.05, 0.1) is 18.9 Å². The van der Waals surface area contributed by atoms with Crippen molar-refractivity contribution in [2.45, 2.75) is 19.4 Å². The largest absolute Gasteiger partial charge is 0.497 e. The molecule has 1 aromatic carbocycles. The first-order chi connectivity index (χ1) is 9.60. The van der Waals surface area contributed by atoms with E-state index in [1.54, 1.807) is 31.6 Å². The zero-order valence-corrected chi connectivity index (χ0v) is 12.9. The third-order valence-electron chi connectivity index (χ3n) is 2.88. The molecule has 20 heavy (non-hydrogen) atoms. The van der Waals surface area contributed by atoms with Crippen molar-refractivity contribution in [3.05, 3.63) is 52.4 Å². The highest BCUT2D eigenvalue weighted by Crippen LogP contribution is 2.22. The molecule has 0 aliphatic carbocycles. The summed E-state index contributed by atoms with van der Waals surface area (Å²) in [5.74, 6) is 1.36. The van der Waals surface area contributed by atoms with Crippen LogP contribution in [0.4, 0.5) is 0 Å². The lowest BCUT2D eigenvalue weighted by Gasteiger charge is -2.14. The smallest absolute Gasteiger partial charge is 0.252 e. The maximum absolute atomic E-state index is 12.2. The van der Waals surface area contributed by atoms with Gasteiger partial charge >= 0.3 is 0 Å². The van der Waals surface area contributed by atoms with Crippen molar-refractivity contribution >= 4 is 21.8 Å². The second kappa shape index (κ2) is 6.61. The number of ether oxygens (including phenoxy) is 1. The van der Waals surface area contributed by atoms with Crippen LogP contribution in [-0.2, 0) is 6.42 Å². The van der Waals surface area contributed by atoms with Gasteiger partial charge in [-0.2, -0.15) is 0 Å². The second-order valence-corrected chi connectivity index (χ2v) is 5.36. The van der Waals surface area contributed by atoms with Crippen molar-refractivity contribution < 1.29 is 13.9 Å². The average Bonchev–Trinajstić information content (AvgIpc) is 2.91. The summed E-state index contributed by atoms with van der Waals surface area (Å²) in [6, 6.07) is 9.01. The molecular weight excluding hydrogens is 322 g/mol. The molecule has 106 valence electrons. The third-order valence-corrected chi connectivity index (χ3v) is 3.57. The summed E-state index contributed by atoms with van der Waals surface area (Å²) in [6.45, 7) is 1.94. The Labute approximate surface area is 126 Å². The maximum Gasteiger partial charge on any atom is 0.252 e. The number of halogens is 1. The maximum atomic E-state index is 12.2. The summed E-state index contributed by atoms with van der Waals surface area (Å²) in [6.07, 6.45) is 2.28. The Bertz CT molecular complexity index is 581. The van der Waals surface area contributed by atoms with Crippen LogP contribution in [0, 0.1) is 0 Å². The summed E-state index contributed by atoms with van der Waals surface area (Å²) in [5, 5.41) is 2.94. The number of benzene rings is 1. The average molecular weight is 338 g/mol. The number of hydrogen-bond acceptors (Lipinski definition) is 3. The molecule has 0 bridgehead atoms. The fourth-order valence-corrected chi connectivity index (χ4v) is 2.32. The van der Waals surface area contributed by atoms with Gasteiger partial charge < -0.3 is 14.5 Å². The highest BCUT2D eigenvalue weighted by molar-refractivity contribution is 9.10. The Morgan fingerprint density at radius 1 is 1.45 bits per heavy atom. The van der Waals surface area contributed by atoms with Gasteiger partial charge in [0.15, 0.2) is 0 Å². The van der Waals surface area contributed by atoms with Crippen LogP contribution in [0.1, 0.15) is 23.0 Å². The Balaban J connectivity index is 2.04. The standard InChI is InChI=1S/C15H16BrNO3/c1-10(8-12-4-3-7-20-12)17-15(18)13-9-11(19-2)5-6-14(13)16/h3-7,9-10H,8H2,1-2H3,(H,17,18). The van der Waals surface area contributed by atoms with E-state index in [0.717, 1.165) is 10.2 Å². The van der Waals surface area contributed by atoms with Gasteiger partial charge in [-0.15, -0.1) is 0 Å². The number of rotatable bonds is 5. The van der Waals surface area contributed by atoms with Gasteiger partial charge in [-0.25, -0.2) is 0 Å². The first-order valence-electron chi connectivity index (χ1n) is 6.27. The third kappa shape index (κ3) is 3.63. The molecule has 1 amide bonds. The van der Waals surface area contributed by atoms with Crippen LogP contribution < -0.4 is 10.1 Å². The molecule has 0 radical (unpaired) electrons. The number of hydrogen-bond donors (Lipinski definition) is 1. The van der Waals surface area contributed by atoms with Crippen LogP contribution in [0.15, 0.2) is 45.5 Å². The summed E-state index contributed by atoms with van der Waals surface area (Å²) >= 11 is 3.38. The molecule has 0 saturated carbocycles. The molecule has 2 aromatic rings. The zero-order chi connectivity index (χ0) is 14.5. The van der Waals surface area contributed by atoms with E-state index in [2.05, 4.69) is 21.2 Å². The molecule has 1 N–H and O–H groups in total. The van der Waals surface area contributed by atoms with Gasteiger partial charge in [0.25, 0.3) is 5.91 Å². The van der Waals surface area contributed by atoms with E-state index in [4.69, 9.17) is 9.15 Å². The van der Waals surface area contributed by atoms with Crippen LogP contribution in [0.5, 0.6) is 5.75 Å². The number of carbonyl (C=O) groups is 1. The summed E-state index contributed by atoms with van der Waals surface area (Å²) in [7, 11) is 1.57. The molecule has 1 atom stereocenters. The molecule has 0 aliphatic rings. The topological polar surface area (TPSA) is 51.5 Å². The van der Waals surface area contributed by atoms with Gasteiger partial charge in [-0.1, -0.05) is 0 Å². The van der Waals surface area contributed by atoms with Gasteiger partial charge in [-0.3, -0.25) is 4.79 Å². The Morgan fingerprint density at radius 2 is 2.25 bits per heavy atom. The minimum Gasteiger partial charge on any atom is -0.497 e. The van der Waals surface area contributed by atoms with Crippen molar-refractivity contribution in [2.75, 3.05) is 7.11 Å². The zero-order valence-electron chi connectivity index (χ0n) is 11.4. The van der Waals surface area contributed by atoms with Crippen LogP contribution in [0.25, 0.3) is 0 Å². The van der Waals surface area contributed by atoms with Crippen molar-refractivity contribution in [1.29, 1.82) is 0 Å². The summed E-state index contributed by atoms with van der Waals surface area (Å²) < 4.78 is 11.1. The fraction of sp³-hybridized carbons (Fsp3) is 0.267. The SMILES string of the molecule is COc1ccc(Br)c(C(=O)NC(C)Cc2ccco2)c1. The number of methoxy groups -OCH3 is 1. The molecule has 4 nitrogen and oxygen atoms in total. The van der Waals surface area contributed by atoms with Crippen molar-refractivity contribution in [2.24, 2.45) is 0 Å². The monoisotopic (exact) mass is 337 g/mol. The number of furan rings is 1. The molecule has 0 spiro atoms. The lowest BCUT2D eigenvalue weighted by Crippen LogP contribution is -2.34. The molecule has 1 unspecified atom stereocenters. The molecule has 0 saturated heterocycles. The molecule has 5 heteroatoms. The summed E-state index contributed by atoms with van der Waals surface area (Å²) in [5.41, 5.74) is 0.552. The summed E-state index contributed by atoms with van der Waals surface area (Å²) in [4.78, 5) is 12.2. The van der Waals surface area contributed by atoms with Gasteiger partial charge in [-0.05, 0) is 53.2 Å². The molecule has 0 fully saturated rings. The predicted molar refractivity (Wildman–Crippen MR) is 80.0 cm³/mol. The molecule has 1 aromatic heterocycles. The Hall–Kier alpha value is -1.75. The highest BCUT2D eigenvalue weighted by Gasteiger charge is 2.14. The van der Waals surface area contributed by atoms with Gasteiger partial charge in [0, 0.05) is 16.9 Å². The van der Waals surface area contributed by atoms with Crippen LogP contribution >= 0.6 is 15.9 Å². The minimum atomic E-state index is -0.144. The fourth-order valence-electron chi connectivity index (χ4n) is 1.89. The first-order valence-corrected chi connectivity index (χ1v) is 7.06. The lowest BCUT2D eigenvalue weighted by atomic mass is 10.1. The van der Waals surface area contributed by atoms with E-state index in [1.165, 1.54) is 0 Å². The number of nitrogens with one attached hydrogen (secondary N) is 1. The van der Waals surface area contributed by atoms with E-state index in [1.807, 2.05) is 19.1 Å². The molecular formula is C15H16BrNO3. The van der Waals surface area contributed by atoms with Crippen molar-refractivity contribution in [1.82, 2.24) is 5.32 Å². The Kier molecular flexibility index (Phi) is 4.84. The van der Waals surface area contributed by atoms with Gasteiger partial charge in [0.1, 0.15) is 11.5 Å². The van der Waals surface area contributed by atoms with E-state index in [-0.39, 0.29) is 11.9 Å². The normalized spacial score (nSPS) is 11.9. The molecule has 1 heterocycles. The van der Waals surface area contributed by atoms with E-state index in [9.17, 15) is 4.79 Å². The number of carbonyl (C=O) groups excluding carboxylic acids is 1. The predicted octanol–water partition coefficient (Wildman–Crippen LogP) is 3.41. The molecule has 0 aliphatic heterocycles. The quantitative estimate of drug-likeness (QED) is 0.909. The van der Waals surface area contributed by atoms with E-state index < -0.39 is 0 Å². The lowest BCUT2D eigenvalue weighted by molar-refractivity contribution is 0.0938. The number of amides is 1. The van der Waals surface area contributed by atoms with Crippen molar-refractivity contribution in [3.8, 4) is 5.75 Å². The second-order valence-electron chi connectivity index (χ2n) is 4.50. The van der Waals surface area contributed by atoms with Crippen molar-refractivity contribution in [3.63, 3.8) is 0 Å². The minimum absolute atomic E-state index is 0.0215. The van der Waals surface area contributed by atoms with Crippen LogP contribution in [0.3, 0.4) is 0 Å². The van der Waals surface area contributed by atoms with Crippen LogP contribution in [-0.4, -0.2) is 19.1 Å². The Morgan fingerprint density at radius 3 is 2.90 bits per heavy atom. The van der Waals surface area contributed by atoms with E-state index in [0.29, 0.717) is 17.7 Å². The van der Waals surface area contributed by atoms with E-state index >= 15 is 0 Å². The van der Waals surface area contributed by atoms with Gasteiger partial charge in [0.2, 0.25) is 0 Å².